The number of amides is 1. The standard InChI is InChI=1S/C24H26N6OS2/c1-13-9-10-17-18(11-13)33-23-20(17)22(25)27-24(28-23)32-12-19(31)26-21-14(2)29-30(15(21)3)16-7-5-4-6-8-16/h4-8,13H,9-12H2,1-3H3,(H,26,31)(H2,25,27,28). The Morgan fingerprint density at radius 1 is 1.27 bits per heavy atom. The van der Waals surface area contributed by atoms with Gasteiger partial charge in [0.2, 0.25) is 5.91 Å². The molecule has 1 aliphatic carbocycles. The lowest BCUT2D eigenvalue weighted by Gasteiger charge is -2.17. The summed E-state index contributed by atoms with van der Waals surface area (Å²) in [7, 11) is 0. The molecule has 170 valence electrons. The Balaban J connectivity index is 1.30. The summed E-state index contributed by atoms with van der Waals surface area (Å²) >= 11 is 3.02. The number of nitrogens with one attached hydrogen (secondary N) is 1. The number of hydrogen-bond acceptors (Lipinski definition) is 7. The Morgan fingerprint density at radius 3 is 2.85 bits per heavy atom. The number of carbonyl (C=O) groups is 1. The molecule has 3 aromatic heterocycles. The number of hydrogen-bond donors (Lipinski definition) is 2. The van der Waals surface area contributed by atoms with Crippen molar-refractivity contribution in [2.24, 2.45) is 5.92 Å². The number of benzene rings is 1. The van der Waals surface area contributed by atoms with Crippen LogP contribution in [0.3, 0.4) is 0 Å². The number of rotatable bonds is 5. The van der Waals surface area contributed by atoms with Crippen LogP contribution in [0.15, 0.2) is 35.5 Å². The third kappa shape index (κ3) is 4.22. The Hall–Kier alpha value is -2.91. The molecule has 1 amide bonds. The van der Waals surface area contributed by atoms with Gasteiger partial charge in [0.05, 0.1) is 33.9 Å². The molecule has 9 heteroatoms. The van der Waals surface area contributed by atoms with Crippen molar-refractivity contribution in [1.82, 2.24) is 19.7 Å². The Kier molecular flexibility index (Phi) is 5.84. The summed E-state index contributed by atoms with van der Waals surface area (Å²) in [6.07, 6.45) is 3.29. The highest BCUT2D eigenvalue weighted by Gasteiger charge is 2.23. The molecule has 1 aliphatic rings. The molecule has 0 bridgehead atoms. The lowest BCUT2D eigenvalue weighted by atomic mass is 9.89. The molecule has 4 aromatic rings. The zero-order valence-corrected chi connectivity index (χ0v) is 20.5. The number of aromatic nitrogens is 4. The molecule has 0 spiro atoms. The number of para-hydroxylation sites is 1. The van der Waals surface area contributed by atoms with Crippen LogP contribution < -0.4 is 11.1 Å². The number of anilines is 2. The van der Waals surface area contributed by atoms with Crippen molar-refractivity contribution in [3.63, 3.8) is 0 Å². The van der Waals surface area contributed by atoms with E-state index in [9.17, 15) is 4.79 Å². The summed E-state index contributed by atoms with van der Waals surface area (Å²) in [5, 5.41) is 9.14. The zero-order valence-electron chi connectivity index (χ0n) is 18.9. The number of nitrogen functional groups attached to an aromatic ring is 1. The van der Waals surface area contributed by atoms with Gasteiger partial charge < -0.3 is 11.1 Å². The lowest BCUT2D eigenvalue weighted by molar-refractivity contribution is -0.113. The first-order valence-electron chi connectivity index (χ1n) is 11.0. The first-order valence-corrected chi connectivity index (χ1v) is 12.8. The summed E-state index contributed by atoms with van der Waals surface area (Å²) in [4.78, 5) is 24.3. The lowest BCUT2D eigenvalue weighted by Crippen LogP contribution is -2.15. The molecule has 1 aromatic carbocycles. The maximum atomic E-state index is 12.7. The summed E-state index contributed by atoms with van der Waals surface area (Å²) in [5.41, 5.74) is 11.0. The Morgan fingerprint density at radius 2 is 2.06 bits per heavy atom. The van der Waals surface area contributed by atoms with Crippen LogP contribution in [0.5, 0.6) is 0 Å². The van der Waals surface area contributed by atoms with Gasteiger partial charge in [-0.25, -0.2) is 14.6 Å². The van der Waals surface area contributed by atoms with Crippen molar-refractivity contribution in [3.05, 3.63) is 52.2 Å². The maximum absolute atomic E-state index is 12.7. The SMILES string of the molecule is Cc1nn(-c2ccccc2)c(C)c1NC(=O)CSc1nc(N)c2c3c(sc2n1)CC(C)CC3. The van der Waals surface area contributed by atoms with Crippen LogP contribution in [0.1, 0.15) is 35.2 Å². The van der Waals surface area contributed by atoms with Gasteiger partial charge in [0.15, 0.2) is 5.16 Å². The first kappa shape index (κ1) is 21.9. The largest absolute Gasteiger partial charge is 0.383 e. The first-order chi connectivity index (χ1) is 15.9. The van der Waals surface area contributed by atoms with E-state index in [1.54, 1.807) is 11.3 Å². The number of carbonyl (C=O) groups excluding carboxylic acids is 1. The van der Waals surface area contributed by atoms with Crippen molar-refractivity contribution in [1.29, 1.82) is 0 Å². The molecule has 1 unspecified atom stereocenters. The van der Waals surface area contributed by atoms with E-state index in [0.29, 0.717) is 16.9 Å². The molecule has 0 fully saturated rings. The maximum Gasteiger partial charge on any atom is 0.234 e. The predicted molar refractivity (Wildman–Crippen MR) is 135 cm³/mol. The van der Waals surface area contributed by atoms with E-state index >= 15 is 0 Å². The van der Waals surface area contributed by atoms with Crippen LogP contribution >= 0.6 is 23.1 Å². The molecular weight excluding hydrogens is 452 g/mol. The van der Waals surface area contributed by atoms with Gasteiger partial charge in [-0.2, -0.15) is 5.10 Å². The highest BCUT2D eigenvalue weighted by Crippen LogP contribution is 2.40. The predicted octanol–water partition coefficient (Wildman–Crippen LogP) is 4.93. The third-order valence-corrected chi connectivity index (χ3v) is 8.05. The normalized spacial score (nSPS) is 15.5. The van der Waals surface area contributed by atoms with Crippen LogP contribution in [-0.2, 0) is 17.6 Å². The second kappa shape index (κ2) is 8.79. The van der Waals surface area contributed by atoms with Crippen molar-refractivity contribution in [2.45, 2.75) is 45.2 Å². The molecule has 3 N–H and O–H groups in total. The van der Waals surface area contributed by atoms with Crippen molar-refractivity contribution < 1.29 is 4.79 Å². The molecule has 1 atom stereocenters. The van der Waals surface area contributed by atoms with E-state index in [1.165, 1.54) is 28.6 Å². The number of nitrogens with zero attached hydrogens (tertiary/aromatic N) is 4. The fourth-order valence-electron chi connectivity index (χ4n) is 4.36. The quantitative estimate of drug-likeness (QED) is 0.312. The topological polar surface area (TPSA) is 98.7 Å². The van der Waals surface area contributed by atoms with Gasteiger partial charge >= 0.3 is 0 Å². The van der Waals surface area contributed by atoms with Gasteiger partial charge in [0.25, 0.3) is 0 Å². The van der Waals surface area contributed by atoms with Crippen molar-refractivity contribution in [3.8, 4) is 5.69 Å². The minimum atomic E-state index is -0.125. The summed E-state index contributed by atoms with van der Waals surface area (Å²) in [6.45, 7) is 6.13. The van der Waals surface area contributed by atoms with Gasteiger partial charge in [0.1, 0.15) is 10.6 Å². The molecule has 0 saturated heterocycles. The molecule has 33 heavy (non-hydrogen) atoms. The highest BCUT2D eigenvalue weighted by atomic mass is 32.2. The number of thiophene rings is 1. The molecule has 0 saturated carbocycles. The van der Waals surface area contributed by atoms with Crippen molar-refractivity contribution in [2.75, 3.05) is 16.8 Å². The van der Waals surface area contributed by atoms with Crippen LogP contribution in [0.4, 0.5) is 11.5 Å². The number of thioether (sulfide) groups is 1. The minimum absolute atomic E-state index is 0.125. The average Bonchev–Trinajstić information content (AvgIpc) is 3.30. The summed E-state index contributed by atoms with van der Waals surface area (Å²) in [6, 6.07) is 9.87. The van der Waals surface area contributed by atoms with Gasteiger partial charge in [-0.3, -0.25) is 4.79 Å². The van der Waals surface area contributed by atoms with E-state index in [-0.39, 0.29) is 11.7 Å². The Bertz CT molecular complexity index is 1340. The smallest absolute Gasteiger partial charge is 0.234 e. The molecule has 3 heterocycles. The van der Waals surface area contributed by atoms with Crippen LogP contribution in [0.25, 0.3) is 15.9 Å². The number of fused-ring (bicyclic) bond motifs is 3. The van der Waals surface area contributed by atoms with Gasteiger partial charge in [-0.1, -0.05) is 36.9 Å². The summed E-state index contributed by atoms with van der Waals surface area (Å²) < 4.78 is 1.84. The van der Waals surface area contributed by atoms with Gasteiger partial charge in [-0.05, 0) is 56.7 Å². The van der Waals surface area contributed by atoms with E-state index in [0.717, 1.165) is 45.8 Å². The van der Waals surface area contributed by atoms with E-state index < -0.39 is 0 Å². The molecule has 0 aliphatic heterocycles. The fourth-order valence-corrected chi connectivity index (χ4v) is 6.46. The minimum Gasteiger partial charge on any atom is -0.383 e. The fraction of sp³-hybridized carbons (Fsp3) is 0.333. The van der Waals surface area contributed by atoms with Gasteiger partial charge in [0, 0.05) is 4.88 Å². The van der Waals surface area contributed by atoms with Gasteiger partial charge in [-0.15, -0.1) is 11.3 Å². The van der Waals surface area contributed by atoms with Crippen LogP contribution in [0, 0.1) is 19.8 Å². The molecule has 0 radical (unpaired) electrons. The third-order valence-electron chi connectivity index (χ3n) is 6.05. The van der Waals surface area contributed by atoms with E-state index in [4.69, 9.17) is 10.7 Å². The summed E-state index contributed by atoms with van der Waals surface area (Å²) in [5.74, 6) is 1.28. The average molecular weight is 479 g/mol. The second-order valence-corrected chi connectivity index (χ2v) is 10.6. The van der Waals surface area contributed by atoms with Crippen molar-refractivity contribution >= 4 is 50.7 Å². The monoisotopic (exact) mass is 478 g/mol. The molecule has 7 nitrogen and oxygen atoms in total. The van der Waals surface area contributed by atoms with E-state index in [1.807, 2.05) is 48.9 Å². The zero-order chi connectivity index (χ0) is 23.1. The Labute approximate surface area is 200 Å². The van der Waals surface area contributed by atoms with Crippen LogP contribution in [0.2, 0.25) is 0 Å². The molecular formula is C24H26N6OS2. The van der Waals surface area contributed by atoms with Crippen LogP contribution in [-0.4, -0.2) is 31.4 Å². The highest BCUT2D eigenvalue weighted by molar-refractivity contribution is 7.99. The number of aryl methyl sites for hydroxylation is 2. The number of nitrogens with two attached hydrogens (primary N) is 1. The van der Waals surface area contributed by atoms with E-state index in [2.05, 4.69) is 22.3 Å². The molecule has 5 rings (SSSR count). The second-order valence-electron chi connectivity index (χ2n) is 8.55.